The van der Waals surface area contributed by atoms with Crippen LogP contribution in [0.4, 0.5) is 0 Å². The van der Waals surface area contributed by atoms with Gasteiger partial charge in [0.15, 0.2) is 0 Å². The van der Waals surface area contributed by atoms with Crippen molar-refractivity contribution in [3.05, 3.63) is 57.4 Å². The Morgan fingerprint density at radius 2 is 2.05 bits per heavy atom. The van der Waals surface area contributed by atoms with E-state index >= 15 is 0 Å². The lowest BCUT2D eigenvalue weighted by Crippen LogP contribution is -2.28. The van der Waals surface area contributed by atoms with Crippen molar-refractivity contribution in [1.82, 2.24) is 9.71 Å². The second kappa shape index (κ2) is 6.32. The highest BCUT2D eigenvalue weighted by Crippen LogP contribution is 2.42. The van der Waals surface area contributed by atoms with Crippen molar-refractivity contribution < 1.29 is 8.42 Å². The molecule has 1 atom stereocenters. The van der Waals surface area contributed by atoms with Crippen molar-refractivity contribution >= 4 is 27.4 Å². The maximum Gasteiger partial charge on any atom is 0.234 e. The van der Waals surface area contributed by atoms with E-state index in [-0.39, 0.29) is 6.04 Å². The molecule has 1 aliphatic carbocycles. The number of thiazole rings is 1. The van der Waals surface area contributed by atoms with E-state index in [1.807, 2.05) is 42.6 Å². The topological polar surface area (TPSA) is 59.1 Å². The third-order valence-corrected chi connectivity index (χ3v) is 5.65. The summed E-state index contributed by atoms with van der Waals surface area (Å²) in [6.45, 7) is 1.92. The summed E-state index contributed by atoms with van der Waals surface area (Å²) < 4.78 is 27.4. The van der Waals surface area contributed by atoms with E-state index in [1.54, 1.807) is 6.08 Å². The molecule has 4 nitrogen and oxygen atoms in total. The molecule has 1 aromatic heterocycles. The third kappa shape index (κ3) is 4.03. The van der Waals surface area contributed by atoms with E-state index in [2.05, 4.69) is 9.71 Å². The van der Waals surface area contributed by atoms with E-state index < -0.39 is 10.0 Å². The molecule has 0 radical (unpaired) electrons. The van der Waals surface area contributed by atoms with E-state index in [0.29, 0.717) is 5.92 Å². The summed E-state index contributed by atoms with van der Waals surface area (Å²) in [5.74, 6) is 0.366. The van der Waals surface area contributed by atoms with Crippen LogP contribution in [0.2, 0.25) is 0 Å². The third-order valence-electron chi connectivity index (χ3n) is 3.53. The molecule has 1 N–H and O–H groups in total. The molecule has 1 saturated carbocycles. The Morgan fingerprint density at radius 1 is 1.32 bits per heavy atom. The van der Waals surface area contributed by atoms with Gasteiger partial charge < -0.3 is 0 Å². The van der Waals surface area contributed by atoms with Crippen molar-refractivity contribution in [2.75, 3.05) is 0 Å². The zero-order valence-electron chi connectivity index (χ0n) is 12.3. The van der Waals surface area contributed by atoms with E-state index in [4.69, 9.17) is 0 Å². The zero-order chi connectivity index (χ0) is 15.6. The molecule has 116 valence electrons. The van der Waals surface area contributed by atoms with Crippen LogP contribution in [-0.2, 0) is 10.0 Å². The number of hydrogen-bond donors (Lipinski definition) is 1. The SMILES string of the molecule is Cc1csc([C@H](NS(=O)(=O)/C=C/c2ccccc2)C2CC2)n1. The standard InChI is InChI=1S/C16H18N2O2S2/c1-12-11-21-16(17-12)15(14-7-8-14)18-22(19,20)10-9-13-5-3-2-4-6-13/h2-6,9-11,14-15,18H,7-8H2,1H3/b10-9+/t15-/m1/s1. The molecule has 0 bridgehead atoms. The highest BCUT2D eigenvalue weighted by atomic mass is 32.2. The molecular formula is C16H18N2O2S2. The van der Waals surface area contributed by atoms with Crippen molar-refractivity contribution in [3.8, 4) is 0 Å². The van der Waals surface area contributed by atoms with Crippen LogP contribution >= 0.6 is 11.3 Å². The van der Waals surface area contributed by atoms with E-state index in [9.17, 15) is 8.42 Å². The maximum atomic E-state index is 12.3. The summed E-state index contributed by atoms with van der Waals surface area (Å²) in [6.07, 6.45) is 3.71. The quantitative estimate of drug-likeness (QED) is 0.879. The normalized spacial score (nSPS) is 17.0. The van der Waals surface area contributed by atoms with Crippen LogP contribution in [0.25, 0.3) is 6.08 Å². The van der Waals surface area contributed by atoms with Gasteiger partial charge in [-0.05, 0) is 37.3 Å². The van der Waals surface area contributed by atoms with Gasteiger partial charge in [-0.3, -0.25) is 0 Å². The summed E-state index contributed by atoms with van der Waals surface area (Å²) in [6, 6.07) is 9.20. The Labute approximate surface area is 135 Å². The molecule has 1 fully saturated rings. The van der Waals surface area contributed by atoms with Crippen molar-refractivity contribution in [3.63, 3.8) is 0 Å². The molecule has 1 aromatic carbocycles. The van der Waals surface area contributed by atoms with Crippen molar-refractivity contribution in [1.29, 1.82) is 0 Å². The lowest BCUT2D eigenvalue weighted by atomic mass is 10.2. The Bertz CT molecular complexity index is 762. The minimum Gasteiger partial charge on any atom is -0.245 e. The number of sulfonamides is 1. The zero-order valence-corrected chi connectivity index (χ0v) is 13.9. The minimum absolute atomic E-state index is 0.205. The van der Waals surface area contributed by atoms with Crippen LogP contribution in [-0.4, -0.2) is 13.4 Å². The van der Waals surface area contributed by atoms with Crippen LogP contribution in [0.1, 0.15) is 35.1 Å². The van der Waals surface area contributed by atoms with Gasteiger partial charge in [0.2, 0.25) is 10.0 Å². The monoisotopic (exact) mass is 334 g/mol. The molecule has 3 rings (SSSR count). The largest absolute Gasteiger partial charge is 0.245 e. The summed E-state index contributed by atoms with van der Waals surface area (Å²) in [5, 5.41) is 4.05. The van der Waals surface area contributed by atoms with Crippen molar-refractivity contribution in [2.45, 2.75) is 25.8 Å². The second-order valence-corrected chi connectivity index (χ2v) is 8.01. The van der Waals surface area contributed by atoms with E-state index in [0.717, 1.165) is 29.1 Å². The smallest absolute Gasteiger partial charge is 0.234 e. The predicted octanol–water partition coefficient (Wildman–Crippen LogP) is 3.49. The highest BCUT2D eigenvalue weighted by Gasteiger charge is 2.36. The molecule has 6 heteroatoms. The number of hydrogen-bond acceptors (Lipinski definition) is 4. The average molecular weight is 334 g/mol. The summed E-state index contributed by atoms with van der Waals surface area (Å²) in [5.41, 5.74) is 1.80. The first kappa shape index (κ1) is 15.4. The lowest BCUT2D eigenvalue weighted by Gasteiger charge is -2.14. The lowest BCUT2D eigenvalue weighted by molar-refractivity contribution is 0.534. The average Bonchev–Trinajstić information content (AvgIpc) is 3.26. The van der Waals surface area contributed by atoms with Gasteiger partial charge in [-0.1, -0.05) is 30.3 Å². The Morgan fingerprint density at radius 3 is 2.64 bits per heavy atom. The van der Waals surface area contributed by atoms with Gasteiger partial charge in [0.05, 0.1) is 6.04 Å². The van der Waals surface area contributed by atoms with Crippen LogP contribution in [0.15, 0.2) is 41.1 Å². The van der Waals surface area contributed by atoms with Crippen LogP contribution in [0, 0.1) is 12.8 Å². The fraction of sp³-hybridized carbons (Fsp3) is 0.312. The Kier molecular flexibility index (Phi) is 4.42. The predicted molar refractivity (Wildman–Crippen MR) is 89.8 cm³/mol. The molecule has 0 unspecified atom stereocenters. The summed E-state index contributed by atoms with van der Waals surface area (Å²) >= 11 is 1.52. The fourth-order valence-corrected chi connectivity index (χ4v) is 4.33. The van der Waals surface area contributed by atoms with Gasteiger partial charge in [-0.2, -0.15) is 0 Å². The number of benzene rings is 1. The first-order chi connectivity index (χ1) is 10.5. The van der Waals surface area contributed by atoms with Crippen LogP contribution < -0.4 is 4.72 Å². The Balaban J connectivity index is 1.75. The van der Waals surface area contributed by atoms with Gasteiger partial charge in [-0.15, -0.1) is 11.3 Å². The maximum absolute atomic E-state index is 12.3. The number of rotatable bonds is 6. The minimum atomic E-state index is -3.49. The van der Waals surface area contributed by atoms with Gasteiger partial charge in [0, 0.05) is 16.5 Å². The molecule has 0 spiro atoms. The van der Waals surface area contributed by atoms with Gasteiger partial charge in [0.25, 0.3) is 0 Å². The first-order valence-corrected chi connectivity index (χ1v) is 9.63. The molecular weight excluding hydrogens is 316 g/mol. The summed E-state index contributed by atoms with van der Waals surface area (Å²) in [4.78, 5) is 4.44. The number of nitrogens with one attached hydrogen (secondary N) is 1. The molecule has 0 amide bonds. The van der Waals surface area contributed by atoms with Gasteiger partial charge in [-0.25, -0.2) is 18.1 Å². The Hall–Kier alpha value is -1.50. The molecule has 22 heavy (non-hydrogen) atoms. The highest BCUT2D eigenvalue weighted by molar-refractivity contribution is 7.92. The van der Waals surface area contributed by atoms with Gasteiger partial charge in [0.1, 0.15) is 5.01 Å². The second-order valence-electron chi connectivity index (χ2n) is 5.52. The molecule has 1 aliphatic rings. The molecule has 1 heterocycles. The van der Waals surface area contributed by atoms with Crippen LogP contribution in [0.3, 0.4) is 0 Å². The molecule has 0 saturated heterocycles. The van der Waals surface area contributed by atoms with Crippen molar-refractivity contribution in [2.24, 2.45) is 5.92 Å². The summed E-state index contributed by atoms with van der Waals surface area (Å²) in [7, 11) is -3.49. The first-order valence-electron chi connectivity index (χ1n) is 7.21. The van der Waals surface area contributed by atoms with Gasteiger partial charge >= 0.3 is 0 Å². The number of aryl methyl sites for hydroxylation is 1. The number of aromatic nitrogens is 1. The van der Waals surface area contributed by atoms with E-state index in [1.165, 1.54) is 16.7 Å². The molecule has 2 aromatic rings. The number of nitrogens with zero attached hydrogens (tertiary/aromatic N) is 1. The van der Waals surface area contributed by atoms with Crippen LogP contribution in [0.5, 0.6) is 0 Å². The molecule has 0 aliphatic heterocycles. The fourth-order valence-electron chi connectivity index (χ4n) is 2.24.